The Labute approximate surface area is 64.0 Å². The van der Waals surface area contributed by atoms with Crippen LogP contribution < -0.4 is 0 Å². The van der Waals surface area contributed by atoms with Gasteiger partial charge in [0.05, 0.1) is 6.10 Å². The summed E-state index contributed by atoms with van der Waals surface area (Å²) in [6, 6.07) is 0. The van der Waals surface area contributed by atoms with E-state index in [-0.39, 0.29) is 6.10 Å². The average molecular weight is 155 g/mol. The summed E-state index contributed by atoms with van der Waals surface area (Å²) in [6.45, 7) is 3.55. The molecule has 0 atom stereocenters. The summed E-state index contributed by atoms with van der Waals surface area (Å²) in [4.78, 5) is 14.6. The third-order valence-electron chi connectivity index (χ3n) is 0.942. The van der Waals surface area contributed by atoms with Crippen LogP contribution in [0.1, 0.15) is 13.8 Å². The minimum Gasteiger partial charge on any atom is -0.445 e. The molecule has 0 unspecified atom stereocenters. The van der Waals surface area contributed by atoms with E-state index < -0.39 is 6.09 Å². The van der Waals surface area contributed by atoms with E-state index in [1.165, 1.54) is 12.7 Å². The maximum atomic E-state index is 11.0. The predicted molar refractivity (Wildman–Crippen MR) is 37.0 cm³/mol. The van der Waals surface area contributed by atoms with Gasteiger partial charge in [-0.1, -0.05) is 0 Å². The Kier molecular flexibility index (Phi) is 2.20. The lowest BCUT2D eigenvalue weighted by atomic mass is 10.5. The van der Waals surface area contributed by atoms with Gasteiger partial charge in [-0.3, -0.25) is 0 Å². The number of ether oxygens (including phenoxy) is 1. The minimum atomic E-state index is -0.502. The Bertz CT molecular complexity index is 230. The summed E-state index contributed by atoms with van der Waals surface area (Å²) < 4.78 is 5.86. The second-order valence-corrected chi connectivity index (χ2v) is 2.27. The highest BCUT2D eigenvalue weighted by molar-refractivity contribution is 5.68. The molecule has 1 aromatic heterocycles. The standard InChI is InChI=1S/C6H9N3O2/c1-5(2)11-6(10)9-4-7-3-8-9/h3-5H,1-2H3. The fourth-order valence-electron chi connectivity index (χ4n) is 0.558. The molecule has 0 fully saturated rings. The van der Waals surface area contributed by atoms with Crippen molar-refractivity contribution in [2.24, 2.45) is 0 Å². The Morgan fingerprint density at radius 3 is 2.82 bits per heavy atom. The zero-order valence-corrected chi connectivity index (χ0v) is 6.39. The number of aromatic nitrogens is 3. The van der Waals surface area contributed by atoms with Crippen molar-refractivity contribution >= 4 is 6.09 Å². The monoisotopic (exact) mass is 155 g/mol. The van der Waals surface area contributed by atoms with Gasteiger partial charge in [-0.2, -0.15) is 4.68 Å². The zero-order chi connectivity index (χ0) is 8.27. The van der Waals surface area contributed by atoms with Crippen molar-refractivity contribution in [1.82, 2.24) is 14.8 Å². The SMILES string of the molecule is CC(C)OC(=O)n1cncn1. The summed E-state index contributed by atoms with van der Waals surface area (Å²) in [5, 5.41) is 3.60. The Morgan fingerprint density at radius 2 is 2.36 bits per heavy atom. The van der Waals surface area contributed by atoms with Crippen LogP contribution in [-0.2, 0) is 4.74 Å². The maximum Gasteiger partial charge on any atom is 0.436 e. The molecule has 5 nitrogen and oxygen atoms in total. The van der Waals surface area contributed by atoms with Crippen LogP contribution in [0.3, 0.4) is 0 Å². The summed E-state index contributed by atoms with van der Waals surface area (Å²) in [6.07, 6.45) is 1.94. The topological polar surface area (TPSA) is 57.0 Å². The van der Waals surface area contributed by atoms with E-state index >= 15 is 0 Å². The second kappa shape index (κ2) is 3.14. The average Bonchev–Trinajstić information content (AvgIpc) is 2.35. The molecule has 0 N–H and O–H groups in total. The number of hydrogen-bond acceptors (Lipinski definition) is 4. The molecule has 0 spiro atoms. The molecule has 1 heterocycles. The van der Waals surface area contributed by atoms with E-state index in [1.54, 1.807) is 13.8 Å². The zero-order valence-electron chi connectivity index (χ0n) is 6.39. The number of rotatable bonds is 1. The van der Waals surface area contributed by atoms with E-state index in [1.807, 2.05) is 0 Å². The van der Waals surface area contributed by atoms with Crippen LogP contribution in [0.25, 0.3) is 0 Å². The third-order valence-corrected chi connectivity index (χ3v) is 0.942. The highest BCUT2D eigenvalue weighted by atomic mass is 16.6. The third kappa shape index (κ3) is 2.03. The maximum absolute atomic E-state index is 11.0. The van der Waals surface area contributed by atoms with Crippen molar-refractivity contribution in [1.29, 1.82) is 0 Å². The fourth-order valence-corrected chi connectivity index (χ4v) is 0.558. The Balaban J connectivity index is 2.57. The lowest BCUT2D eigenvalue weighted by Crippen LogP contribution is -2.18. The largest absolute Gasteiger partial charge is 0.445 e. The molecule has 1 rings (SSSR count). The summed E-state index contributed by atoms with van der Waals surface area (Å²) in [5.41, 5.74) is 0. The summed E-state index contributed by atoms with van der Waals surface area (Å²) >= 11 is 0. The molecule has 0 aliphatic rings. The van der Waals surface area contributed by atoms with Crippen molar-refractivity contribution in [3.63, 3.8) is 0 Å². The normalized spacial score (nSPS) is 10.1. The van der Waals surface area contributed by atoms with Gasteiger partial charge in [0.25, 0.3) is 0 Å². The molecule has 5 heteroatoms. The molecule has 0 aliphatic heterocycles. The first-order chi connectivity index (χ1) is 5.20. The van der Waals surface area contributed by atoms with Gasteiger partial charge in [0.1, 0.15) is 12.7 Å². The van der Waals surface area contributed by atoms with Crippen LogP contribution >= 0.6 is 0 Å². The predicted octanol–water partition coefficient (Wildman–Crippen LogP) is 0.671. The molecule has 0 aliphatic carbocycles. The molecule has 0 radical (unpaired) electrons. The molecule has 0 amide bonds. The molecule has 11 heavy (non-hydrogen) atoms. The Hall–Kier alpha value is -1.39. The van der Waals surface area contributed by atoms with Crippen molar-refractivity contribution in [3.8, 4) is 0 Å². The van der Waals surface area contributed by atoms with E-state index in [9.17, 15) is 4.79 Å². The number of hydrogen-bond donors (Lipinski definition) is 0. The van der Waals surface area contributed by atoms with Gasteiger partial charge in [-0.15, -0.1) is 5.10 Å². The van der Waals surface area contributed by atoms with Gasteiger partial charge in [0.2, 0.25) is 0 Å². The number of carbonyl (C=O) groups excluding carboxylic acids is 1. The molecular formula is C6H9N3O2. The van der Waals surface area contributed by atoms with E-state index in [2.05, 4.69) is 10.1 Å². The molecule has 0 saturated carbocycles. The second-order valence-electron chi connectivity index (χ2n) is 2.27. The summed E-state index contributed by atoms with van der Waals surface area (Å²) in [7, 11) is 0. The molecule has 0 aromatic carbocycles. The first-order valence-electron chi connectivity index (χ1n) is 3.26. The molecule has 60 valence electrons. The van der Waals surface area contributed by atoms with Gasteiger partial charge >= 0.3 is 6.09 Å². The smallest absolute Gasteiger partial charge is 0.436 e. The van der Waals surface area contributed by atoms with Gasteiger partial charge in [-0.25, -0.2) is 9.78 Å². The van der Waals surface area contributed by atoms with Crippen molar-refractivity contribution < 1.29 is 9.53 Å². The van der Waals surface area contributed by atoms with Gasteiger partial charge in [0.15, 0.2) is 0 Å². The quantitative estimate of drug-likeness (QED) is 0.598. The van der Waals surface area contributed by atoms with Crippen LogP contribution in [0.2, 0.25) is 0 Å². The van der Waals surface area contributed by atoms with Gasteiger partial charge < -0.3 is 4.74 Å². The van der Waals surface area contributed by atoms with Crippen LogP contribution in [0.15, 0.2) is 12.7 Å². The van der Waals surface area contributed by atoms with Crippen LogP contribution in [0.5, 0.6) is 0 Å². The fraction of sp³-hybridized carbons (Fsp3) is 0.500. The van der Waals surface area contributed by atoms with Crippen LogP contribution in [-0.4, -0.2) is 27.0 Å². The molecular weight excluding hydrogens is 146 g/mol. The van der Waals surface area contributed by atoms with Gasteiger partial charge in [-0.05, 0) is 13.8 Å². The van der Waals surface area contributed by atoms with Crippen molar-refractivity contribution in [2.45, 2.75) is 20.0 Å². The molecule has 0 bridgehead atoms. The molecule has 0 saturated heterocycles. The van der Waals surface area contributed by atoms with Crippen molar-refractivity contribution in [2.75, 3.05) is 0 Å². The lowest BCUT2D eigenvalue weighted by Gasteiger charge is -2.05. The Morgan fingerprint density at radius 1 is 1.64 bits per heavy atom. The van der Waals surface area contributed by atoms with E-state index in [0.29, 0.717) is 0 Å². The van der Waals surface area contributed by atoms with Crippen LogP contribution in [0, 0.1) is 0 Å². The van der Waals surface area contributed by atoms with E-state index in [4.69, 9.17) is 4.74 Å². The number of nitrogens with zero attached hydrogens (tertiary/aromatic N) is 3. The van der Waals surface area contributed by atoms with Gasteiger partial charge in [0, 0.05) is 0 Å². The van der Waals surface area contributed by atoms with Crippen molar-refractivity contribution in [3.05, 3.63) is 12.7 Å². The molecule has 1 aromatic rings. The highest BCUT2D eigenvalue weighted by Gasteiger charge is 2.07. The lowest BCUT2D eigenvalue weighted by molar-refractivity contribution is 0.114. The van der Waals surface area contributed by atoms with E-state index in [0.717, 1.165) is 4.68 Å². The first kappa shape index (κ1) is 7.71. The number of carbonyl (C=O) groups is 1. The van der Waals surface area contributed by atoms with Crippen LogP contribution in [0.4, 0.5) is 4.79 Å². The summed E-state index contributed by atoms with van der Waals surface area (Å²) in [5.74, 6) is 0. The first-order valence-corrected chi connectivity index (χ1v) is 3.26. The minimum absolute atomic E-state index is 0.133. The highest BCUT2D eigenvalue weighted by Crippen LogP contribution is 1.91.